The van der Waals surface area contributed by atoms with E-state index in [0.29, 0.717) is 11.5 Å². The van der Waals surface area contributed by atoms with Gasteiger partial charge in [-0.3, -0.25) is 0 Å². The van der Waals surface area contributed by atoms with Crippen LogP contribution < -0.4 is 10.5 Å². The number of benzene rings is 2. The molecule has 2 N–H and O–H groups in total. The molecule has 20 heavy (non-hydrogen) atoms. The minimum atomic E-state index is -0.456. The number of nitrogens with two attached hydrogens (primary N) is 1. The predicted octanol–water partition coefficient (Wildman–Crippen LogP) is 4.47. The highest BCUT2D eigenvalue weighted by molar-refractivity contribution is 6.30. The molecule has 0 aliphatic heterocycles. The standard InChI is InChI=1S/C16H17ClFNO/c1-10-7-13(4-3-12(10)8-11(2)19)20-14-5-6-16(18)15(17)9-14/h3-7,9,11H,8,19H2,1-2H3. The van der Waals surface area contributed by atoms with Crippen molar-refractivity contribution in [3.63, 3.8) is 0 Å². The van der Waals surface area contributed by atoms with Crippen LogP contribution in [0, 0.1) is 12.7 Å². The van der Waals surface area contributed by atoms with Crippen molar-refractivity contribution >= 4 is 11.6 Å². The van der Waals surface area contributed by atoms with E-state index >= 15 is 0 Å². The molecule has 4 heteroatoms. The van der Waals surface area contributed by atoms with Crippen LogP contribution in [0.25, 0.3) is 0 Å². The lowest BCUT2D eigenvalue weighted by atomic mass is 10.0. The Balaban J connectivity index is 2.17. The predicted molar refractivity (Wildman–Crippen MR) is 80.0 cm³/mol. The first-order valence-electron chi connectivity index (χ1n) is 6.43. The smallest absolute Gasteiger partial charge is 0.142 e. The summed E-state index contributed by atoms with van der Waals surface area (Å²) in [7, 11) is 0. The first kappa shape index (κ1) is 14.8. The average Bonchev–Trinajstić information content (AvgIpc) is 2.37. The maximum atomic E-state index is 13.1. The summed E-state index contributed by atoms with van der Waals surface area (Å²) < 4.78 is 18.7. The van der Waals surface area contributed by atoms with Crippen molar-refractivity contribution in [1.29, 1.82) is 0 Å². The second-order valence-electron chi connectivity index (χ2n) is 4.95. The van der Waals surface area contributed by atoms with Crippen LogP contribution in [0.5, 0.6) is 11.5 Å². The van der Waals surface area contributed by atoms with E-state index in [4.69, 9.17) is 22.1 Å². The Kier molecular flexibility index (Phi) is 4.63. The van der Waals surface area contributed by atoms with Crippen molar-refractivity contribution in [2.24, 2.45) is 5.73 Å². The minimum Gasteiger partial charge on any atom is -0.457 e. The topological polar surface area (TPSA) is 35.2 Å². The van der Waals surface area contributed by atoms with E-state index in [1.54, 1.807) is 6.07 Å². The Morgan fingerprint density at radius 3 is 2.45 bits per heavy atom. The summed E-state index contributed by atoms with van der Waals surface area (Å²) in [6.07, 6.45) is 0.828. The summed E-state index contributed by atoms with van der Waals surface area (Å²) in [5, 5.41) is 0.0489. The molecule has 0 heterocycles. The van der Waals surface area contributed by atoms with E-state index in [1.807, 2.05) is 32.0 Å². The van der Waals surface area contributed by atoms with Crippen molar-refractivity contribution in [3.8, 4) is 11.5 Å². The molecule has 0 radical (unpaired) electrons. The zero-order chi connectivity index (χ0) is 14.7. The third-order valence-corrected chi connectivity index (χ3v) is 3.27. The molecule has 0 bridgehead atoms. The third kappa shape index (κ3) is 3.71. The van der Waals surface area contributed by atoms with Crippen molar-refractivity contribution in [3.05, 3.63) is 58.4 Å². The van der Waals surface area contributed by atoms with Crippen LogP contribution >= 0.6 is 11.6 Å². The quantitative estimate of drug-likeness (QED) is 0.902. The third-order valence-electron chi connectivity index (χ3n) is 2.98. The largest absolute Gasteiger partial charge is 0.457 e. The summed E-state index contributed by atoms with van der Waals surface area (Å²) in [5.41, 5.74) is 8.12. The Morgan fingerprint density at radius 2 is 1.85 bits per heavy atom. The van der Waals surface area contributed by atoms with E-state index in [9.17, 15) is 4.39 Å². The summed E-state index contributed by atoms with van der Waals surface area (Å²) in [6, 6.07) is 10.2. The van der Waals surface area contributed by atoms with Crippen LogP contribution in [-0.2, 0) is 6.42 Å². The van der Waals surface area contributed by atoms with Crippen LogP contribution in [0.2, 0.25) is 5.02 Å². The normalized spacial score (nSPS) is 12.2. The van der Waals surface area contributed by atoms with Gasteiger partial charge in [0.1, 0.15) is 17.3 Å². The van der Waals surface area contributed by atoms with Crippen LogP contribution in [0.4, 0.5) is 4.39 Å². The second-order valence-corrected chi connectivity index (χ2v) is 5.35. The van der Waals surface area contributed by atoms with Crippen molar-refractivity contribution in [2.75, 3.05) is 0 Å². The molecule has 0 aliphatic rings. The highest BCUT2D eigenvalue weighted by Gasteiger charge is 2.06. The number of hydrogen-bond acceptors (Lipinski definition) is 2. The molecule has 0 amide bonds. The van der Waals surface area contributed by atoms with E-state index in [0.717, 1.165) is 12.0 Å². The first-order valence-corrected chi connectivity index (χ1v) is 6.81. The van der Waals surface area contributed by atoms with Gasteiger partial charge in [-0.2, -0.15) is 0 Å². The van der Waals surface area contributed by atoms with Crippen molar-refractivity contribution in [1.82, 2.24) is 0 Å². The van der Waals surface area contributed by atoms with Gasteiger partial charge in [0.05, 0.1) is 5.02 Å². The Bertz CT molecular complexity index is 613. The number of halogens is 2. The van der Waals surface area contributed by atoms with Gasteiger partial charge in [-0.15, -0.1) is 0 Å². The monoisotopic (exact) mass is 293 g/mol. The van der Waals surface area contributed by atoms with Crippen LogP contribution in [0.15, 0.2) is 36.4 Å². The molecule has 0 saturated heterocycles. The van der Waals surface area contributed by atoms with Gasteiger partial charge >= 0.3 is 0 Å². The molecule has 0 fully saturated rings. The van der Waals surface area contributed by atoms with Crippen molar-refractivity contribution < 1.29 is 9.13 Å². The number of aryl methyl sites for hydroxylation is 1. The van der Waals surface area contributed by atoms with Gasteiger partial charge in [-0.1, -0.05) is 17.7 Å². The van der Waals surface area contributed by atoms with Crippen LogP contribution in [-0.4, -0.2) is 6.04 Å². The van der Waals surface area contributed by atoms with E-state index < -0.39 is 5.82 Å². The summed E-state index contributed by atoms with van der Waals surface area (Å²) >= 11 is 5.72. The van der Waals surface area contributed by atoms with Gasteiger partial charge in [0.2, 0.25) is 0 Å². The molecule has 2 aromatic rings. The Hall–Kier alpha value is -1.58. The number of hydrogen-bond donors (Lipinski definition) is 1. The van der Waals surface area contributed by atoms with Gasteiger partial charge in [-0.25, -0.2) is 4.39 Å². The fraction of sp³-hybridized carbons (Fsp3) is 0.250. The summed E-state index contributed by atoms with van der Waals surface area (Å²) in [4.78, 5) is 0. The zero-order valence-corrected chi connectivity index (χ0v) is 12.2. The fourth-order valence-corrected chi connectivity index (χ4v) is 2.15. The maximum absolute atomic E-state index is 13.1. The molecule has 2 nitrogen and oxygen atoms in total. The van der Waals surface area contributed by atoms with Crippen LogP contribution in [0.1, 0.15) is 18.1 Å². The highest BCUT2D eigenvalue weighted by Crippen LogP contribution is 2.27. The lowest BCUT2D eigenvalue weighted by molar-refractivity contribution is 0.480. The fourth-order valence-electron chi connectivity index (χ4n) is 1.98. The molecule has 2 rings (SSSR count). The molecule has 2 aromatic carbocycles. The van der Waals surface area contributed by atoms with Gasteiger partial charge in [-0.05, 0) is 55.7 Å². The maximum Gasteiger partial charge on any atom is 0.142 e. The zero-order valence-electron chi connectivity index (χ0n) is 11.5. The minimum absolute atomic E-state index is 0.0489. The SMILES string of the molecule is Cc1cc(Oc2ccc(F)c(Cl)c2)ccc1CC(C)N. The molecule has 1 unspecified atom stereocenters. The number of ether oxygens (including phenoxy) is 1. The summed E-state index contributed by atoms with van der Waals surface area (Å²) in [6.45, 7) is 3.99. The molecule has 0 aliphatic carbocycles. The highest BCUT2D eigenvalue weighted by atomic mass is 35.5. The summed E-state index contributed by atoms with van der Waals surface area (Å²) in [5.74, 6) is 0.747. The molecule has 1 atom stereocenters. The van der Waals surface area contributed by atoms with E-state index in [1.165, 1.54) is 17.7 Å². The molecular weight excluding hydrogens is 277 g/mol. The lowest BCUT2D eigenvalue weighted by Gasteiger charge is -2.12. The van der Waals surface area contributed by atoms with Crippen LogP contribution in [0.3, 0.4) is 0 Å². The van der Waals surface area contributed by atoms with E-state index in [2.05, 4.69) is 0 Å². The first-order chi connectivity index (χ1) is 9.45. The molecule has 106 valence electrons. The average molecular weight is 294 g/mol. The van der Waals surface area contributed by atoms with E-state index in [-0.39, 0.29) is 11.1 Å². The van der Waals surface area contributed by atoms with Gasteiger partial charge < -0.3 is 10.5 Å². The molecule has 0 aromatic heterocycles. The lowest BCUT2D eigenvalue weighted by Crippen LogP contribution is -2.18. The van der Waals surface area contributed by atoms with Gasteiger partial charge in [0, 0.05) is 12.1 Å². The van der Waals surface area contributed by atoms with Gasteiger partial charge in [0.15, 0.2) is 0 Å². The molecule has 0 saturated carbocycles. The molecular formula is C16H17ClFNO. The van der Waals surface area contributed by atoms with Gasteiger partial charge in [0.25, 0.3) is 0 Å². The second kappa shape index (κ2) is 6.25. The number of rotatable bonds is 4. The Morgan fingerprint density at radius 1 is 1.20 bits per heavy atom. The Labute approximate surface area is 123 Å². The molecule has 0 spiro atoms. The van der Waals surface area contributed by atoms with Crippen molar-refractivity contribution in [2.45, 2.75) is 26.3 Å².